The summed E-state index contributed by atoms with van der Waals surface area (Å²) in [6, 6.07) is 15.7. The molecule has 0 saturated heterocycles. The number of aliphatic hydroxyl groups is 1. The second-order valence-electron chi connectivity index (χ2n) is 4.73. The smallest absolute Gasteiger partial charge is 0.339 e. The van der Waals surface area contributed by atoms with Crippen molar-refractivity contribution in [2.24, 2.45) is 0 Å². The molecule has 0 spiro atoms. The zero-order valence-corrected chi connectivity index (χ0v) is 13.6. The van der Waals surface area contributed by atoms with Gasteiger partial charge in [-0.3, -0.25) is 0 Å². The molecular weight excluding hydrogens is 296 g/mol. The second kappa shape index (κ2) is 8.01. The maximum absolute atomic E-state index is 11.5. The van der Waals surface area contributed by atoms with Gasteiger partial charge >= 0.3 is 5.97 Å². The van der Waals surface area contributed by atoms with E-state index in [1.54, 1.807) is 19.1 Å². The lowest BCUT2D eigenvalue weighted by atomic mass is 10.0. The average Bonchev–Trinajstić information content (AvgIpc) is 2.55. The van der Waals surface area contributed by atoms with Crippen molar-refractivity contribution in [3.63, 3.8) is 0 Å². The molecule has 0 heterocycles. The minimum Gasteiger partial charge on any atom is -0.464 e. The lowest BCUT2D eigenvalue weighted by molar-refractivity contribution is -0.153. The summed E-state index contributed by atoms with van der Waals surface area (Å²) in [5.74, 6) is 0.441. The number of benzene rings is 2. The molecule has 2 aromatic carbocycles. The molecule has 0 bridgehead atoms. The predicted molar refractivity (Wildman–Crippen MR) is 89.9 cm³/mol. The largest absolute Gasteiger partial charge is 0.464 e. The third-order valence-electron chi connectivity index (χ3n) is 3.23. The summed E-state index contributed by atoms with van der Waals surface area (Å²) in [6.45, 7) is 4.11. The topological polar surface area (TPSA) is 46.5 Å². The Hall–Kier alpha value is -1.78. The highest BCUT2D eigenvalue weighted by Gasteiger charge is 2.18. The Morgan fingerprint density at radius 3 is 2.09 bits per heavy atom. The molecule has 0 fully saturated rings. The zero-order valence-electron chi connectivity index (χ0n) is 12.8. The van der Waals surface area contributed by atoms with E-state index in [1.807, 2.05) is 23.9 Å². The van der Waals surface area contributed by atoms with E-state index in [-0.39, 0.29) is 6.61 Å². The minimum absolute atomic E-state index is 0.260. The Balaban J connectivity index is 2.12. The van der Waals surface area contributed by atoms with E-state index < -0.39 is 12.1 Å². The monoisotopic (exact) mass is 316 g/mol. The van der Waals surface area contributed by atoms with Crippen molar-refractivity contribution in [2.45, 2.75) is 24.8 Å². The molecule has 0 aromatic heterocycles. The molecule has 0 radical (unpaired) electrons. The fourth-order valence-corrected chi connectivity index (χ4v) is 2.79. The van der Waals surface area contributed by atoms with Crippen LogP contribution in [0, 0.1) is 0 Å². The van der Waals surface area contributed by atoms with Gasteiger partial charge in [-0.2, -0.15) is 0 Å². The number of carbonyl (C=O) groups excluding carboxylic acids is 1. The van der Waals surface area contributed by atoms with Gasteiger partial charge in [-0.1, -0.05) is 43.3 Å². The summed E-state index contributed by atoms with van der Waals surface area (Å²) in [5.41, 5.74) is 2.70. The first-order valence-corrected chi connectivity index (χ1v) is 8.32. The molecule has 0 aliphatic heterocycles. The van der Waals surface area contributed by atoms with Crippen LogP contribution in [0.15, 0.2) is 53.4 Å². The van der Waals surface area contributed by atoms with E-state index >= 15 is 0 Å². The number of esters is 1. The Kier molecular flexibility index (Phi) is 6.04. The van der Waals surface area contributed by atoms with Crippen LogP contribution in [-0.4, -0.2) is 23.4 Å². The normalized spacial score (nSPS) is 12.0. The first kappa shape index (κ1) is 16.6. The molecule has 1 N–H and O–H groups in total. The fourth-order valence-electron chi connectivity index (χ4n) is 2.13. The SMILES string of the molecule is CCOC(=O)C(O)c1ccc(-c2ccc(SCC)cc2)cc1. The van der Waals surface area contributed by atoms with Crippen molar-refractivity contribution in [3.05, 3.63) is 54.1 Å². The minimum atomic E-state index is -1.22. The van der Waals surface area contributed by atoms with Gasteiger partial charge in [0.05, 0.1) is 6.61 Å². The van der Waals surface area contributed by atoms with Gasteiger partial charge in [0.1, 0.15) is 0 Å². The Labute approximate surface area is 135 Å². The Morgan fingerprint density at radius 1 is 1.05 bits per heavy atom. The van der Waals surface area contributed by atoms with Gasteiger partial charge < -0.3 is 9.84 Å². The van der Waals surface area contributed by atoms with E-state index in [9.17, 15) is 9.90 Å². The molecule has 0 aliphatic rings. The lowest BCUT2D eigenvalue weighted by Gasteiger charge is -2.11. The van der Waals surface area contributed by atoms with Crippen molar-refractivity contribution in [1.29, 1.82) is 0 Å². The Morgan fingerprint density at radius 2 is 1.59 bits per heavy atom. The van der Waals surface area contributed by atoms with Crippen LogP contribution in [0.1, 0.15) is 25.5 Å². The molecule has 1 atom stereocenters. The maximum atomic E-state index is 11.5. The van der Waals surface area contributed by atoms with Gasteiger partial charge in [0, 0.05) is 4.90 Å². The van der Waals surface area contributed by atoms with Crippen molar-refractivity contribution in [2.75, 3.05) is 12.4 Å². The first-order valence-electron chi connectivity index (χ1n) is 7.33. The third kappa shape index (κ3) is 4.12. The number of ether oxygens (including phenoxy) is 1. The maximum Gasteiger partial charge on any atom is 0.339 e. The quantitative estimate of drug-likeness (QED) is 0.645. The van der Waals surface area contributed by atoms with Crippen LogP contribution >= 0.6 is 11.8 Å². The number of hydrogen-bond donors (Lipinski definition) is 1. The number of hydrogen-bond acceptors (Lipinski definition) is 4. The number of thioether (sulfide) groups is 1. The van der Waals surface area contributed by atoms with Gasteiger partial charge in [0.15, 0.2) is 6.10 Å². The standard InChI is InChI=1S/C18H20O3S/c1-3-21-18(20)17(19)15-7-5-13(6-8-15)14-9-11-16(12-10-14)22-4-2/h5-12,17,19H,3-4H2,1-2H3. The van der Waals surface area contributed by atoms with Crippen LogP contribution in [0.4, 0.5) is 0 Å². The second-order valence-corrected chi connectivity index (χ2v) is 6.07. The summed E-state index contributed by atoms with van der Waals surface area (Å²) < 4.78 is 4.82. The Bertz CT molecular complexity index is 605. The molecule has 2 rings (SSSR count). The molecule has 22 heavy (non-hydrogen) atoms. The molecule has 0 amide bonds. The molecular formula is C18H20O3S. The fraction of sp³-hybridized carbons (Fsp3) is 0.278. The van der Waals surface area contributed by atoms with E-state index in [0.29, 0.717) is 5.56 Å². The van der Waals surface area contributed by atoms with Crippen molar-refractivity contribution in [3.8, 4) is 11.1 Å². The number of aliphatic hydroxyl groups excluding tert-OH is 1. The zero-order chi connectivity index (χ0) is 15.9. The van der Waals surface area contributed by atoms with Gasteiger partial charge in [-0.25, -0.2) is 4.79 Å². The number of carbonyl (C=O) groups is 1. The highest BCUT2D eigenvalue weighted by Crippen LogP contribution is 2.25. The van der Waals surface area contributed by atoms with Crippen LogP contribution in [0.25, 0.3) is 11.1 Å². The van der Waals surface area contributed by atoms with Gasteiger partial charge in [0.25, 0.3) is 0 Å². The average molecular weight is 316 g/mol. The molecule has 4 heteroatoms. The van der Waals surface area contributed by atoms with Crippen molar-refractivity contribution in [1.82, 2.24) is 0 Å². The summed E-state index contributed by atoms with van der Waals surface area (Å²) in [5, 5.41) is 9.90. The van der Waals surface area contributed by atoms with E-state index in [1.165, 1.54) is 4.90 Å². The molecule has 116 valence electrons. The van der Waals surface area contributed by atoms with Crippen LogP contribution < -0.4 is 0 Å². The highest BCUT2D eigenvalue weighted by atomic mass is 32.2. The van der Waals surface area contributed by atoms with Crippen LogP contribution in [0.2, 0.25) is 0 Å². The van der Waals surface area contributed by atoms with E-state index in [4.69, 9.17) is 4.74 Å². The van der Waals surface area contributed by atoms with Crippen LogP contribution in [-0.2, 0) is 9.53 Å². The van der Waals surface area contributed by atoms with E-state index in [0.717, 1.165) is 16.9 Å². The molecule has 0 aliphatic carbocycles. The van der Waals surface area contributed by atoms with Gasteiger partial charge in [-0.15, -0.1) is 11.8 Å². The molecule has 3 nitrogen and oxygen atoms in total. The third-order valence-corrected chi connectivity index (χ3v) is 4.13. The highest BCUT2D eigenvalue weighted by molar-refractivity contribution is 7.99. The molecule has 2 aromatic rings. The lowest BCUT2D eigenvalue weighted by Crippen LogP contribution is -2.15. The van der Waals surface area contributed by atoms with Crippen molar-refractivity contribution >= 4 is 17.7 Å². The van der Waals surface area contributed by atoms with Gasteiger partial charge in [-0.05, 0) is 41.5 Å². The molecule has 1 unspecified atom stereocenters. The number of rotatable bonds is 6. The van der Waals surface area contributed by atoms with Crippen molar-refractivity contribution < 1.29 is 14.6 Å². The van der Waals surface area contributed by atoms with Crippen LogP contribution in [0.3, 0.4) is 0 Å². The summed E-state index contributed by atoms with van der Waals surface area (Å²) in [6.07, 6.45) is -1.22. The molecule has 0 saturated carbocycles. The summed E-state index contributed by atoms with van der Waals surface area (Å²) in [7, 11) is 0. The first-order chi connectivity index (χ1) is 10.7. The summed E-state index contributed by atoms with van der Waals surface area (Å²) >= 11 is 1.81. The van der Waals surface area contributed by atoms with Crippen LogP contribution in [0.5, 0.6) is 0 Å². The van der Waals surface area contributed by atoms with E-state index in [2.05, 4.69) is 31.2 Å². The predicted octanol–water partition coefficient (Wildman–Crippen LogP) is 4.06. The summed E-state index contributed by atoms with van der Waals surface area (Å²) in [4.78, 5) is 12.8. The van der Waals surface area contributed by atoms with Gasteiger partial charge in [0.2, 0.25) is 0 Å².